The SMILES string of the molecule is COc1ccc(Cc2nn3c(=O)c(=Cc4ccc(-c5cccc([N+](=O)[O-])c5)o4)sc3nc2=O)cc1. The van der Waals surface area contributed by atoms with Gasteiger partial charge in [-0.05, 0) is 29.8 Å². The van der Waals surface area contributed by atoms with E-state index in [1.54, 1.807) is 43.5 Å². The molecule has 0 atom stereocenters. The molecule has 3 heterocycles. The highest BCUT2D eigenvalue weighted by atomic mass is 32.1. The fourth-order valence-corrected chi connectivity index (χ4v) is 4.36. The number of methoxy groups -OCH3 is 1. The van der Waals surface area contributed by atoms with Crippen LogP contribution in [-0.2, 0) is 6.42 Å². The summed E-state index contributed by atoms with van der Waals surface area (Å²) in [7, 11) is 1.57. The van der Waals surface area contributed by atoms with Gasteiger partial charge in [-0.25, -0.2) is 0 Å². The summed E-state index contributed by atoms with van der Waals surface area (Å²) >= 11 is 1.02. The number of furan rings is 1. The second kappa shape index (κ2) is 8.95. The Morgan fingerprint density at radius 1 is 1.14 bits per heavy atom. The number of ether oxygens (including phenoxy) is 1. The van der Waals surface area contributed by atoms with Crippen LogP contribution in [0.25, 0.3) is 22.4 Å². The molecule has 0 saturated carbocycles. The number of benzene rings is 2. The number of nitro benzene ring substituents is 1. The summed E-state index contributed by atoms with van der Waals surface area (Å²) in [5.74, 6) is 1.48. The predicted octanol–water partition coefficient (Wildman–Crippen LogP) is 2.83. The molecular weight excluding hydrogens is 472 g/mol. The van der Waals surface area contributed by atoms with E-state index >= 15 is 0 Å². The monoisotopic (exact) mass is 488 g/mol. The van der Waals surface area contributed by atoms with Gasteiger partial charge in [0.1, 0.15) is 27.5 Å². The summed E-state index contributed by atoms with van der Waals surface area (Å²) < 4.78 is 12.3. The lowest BCUT2D eigenvalue weighted by molar-refractivity contribution is -0.384. The van der Waals surface area contributed by atoms with Gasteiger partial charge in [-0.15, -0.1) is 0 Å². The zero-order valence-electron chi connectivity index (χ0n) is 18.2. The van der Waals surface area contributed by atoms with Crippen LogP contribution in [0.1, 0.15) is 17.0 Å². The number of hydrogen-bond donors (Lipinski definition) is 0. The third-order valence-corrected chi connectivity index (χ3v) is 6.18. The van der Waals surface area contributed by atoms with Gasteiger partial charge in [0.25, 0.3) is 16.8 Å². The molecular formula is C24H16N4O6S. The van der Waals surface area contributed by atoms with Gasteiger partial charge in [0.15, 0.2) is 0 Å². The van der Waals surface area contributed by atoms with E-state index < -0.39 is 16.0 Å². The summed E-state index contributed by atoms with van der Waals surface area (Å²) in [6.07, 6.45) is 1.75. The Morgan fingerprint density at radius 2 is 1.94 bits per heavy atom. The average molecular weight is 488 g/mol. The molecule has 0 saturated heterocycles. The molecule has 0 radical (unpaired) electrons. The summed E-state index contributed by atoms with van der Waals surface area (Å²) in [5.41, 5.74) is 0.537. The second-order valence-electron chi connectivity index (χ2n) is 7.51. The van der Waals surface area contributed by atoms with Crippen molar-refractivity contribution in [1.29, 1.82) is 0 Å². The fourth-order valence-electron chi connectivity index (χ4n) is 3.48. The molecule has 11 heteroatoms. The molecule has 35 heavy (non-hydrogen) atoms. The number of thiazole rings is 1. The molecule has 3 aromatic heterocycles. The second-order valence-corrected chi connectivity index (χ2v) is 8.52. The van der Waals surface area contributed by atoms with E-state index in [9.17, 15) is 19.7 Å². The first-order valence-electron chi connectivity index (χ1n) is 10.3. The Bertz CT molecular complexity index is 1740. The van der Waals surface area contributed by atoms with Gasteiger partial charge in [0.05, 0.1) is 12.0 Å². The molecule has 0 aliphatic heterocycles. The molecule has 0 aliphatic rings. The van der Waals surface area contributed by atoms with Crippen molar-refractivity contribution in [2.75, 3.05) is 7.11 Å². The number of non-ortho nitro benzene ring substituents is 1. The van der Waals surface area contributed by atoms with Crippen molar-refractivity contribution in [3.05, 3.63) is 113 Å². The van der Waals surface area contributed by atoms with Crippen molar-refractivity contribution < 1.29 is 14.1 Å². The zero-order chi connectivity index (χ0) is 24.5. The van der Waals surface area contributed by atoms with Crippen LogP contribution in [0.4, 0.5) is 5.69 Å². The van der Waals surface area contributed by atoms with E-state index in [4.69, 9.17) is 9.15 Å². The van der Waals surface area contributed by atoms with Crippen LogP contribution in [0.5, 0.6) is 5.75 Å². The lowest BCUT2D eigenvalue weighted by Crippen LogP contribution is -2.28. The van der Waals surface area contributed by atoms with Gasteiger partial charge in [0.2, 0.25) is 4.96 Å². The van der Waals surface area contributed by atoms with Crippen LogP contribution in [0.15, 0.2) is 74.7 Å². The Balaban J connectivity index is 1.48. The number of aromatic nitrogens is 3. The summed E-state index contributed by atoms with van der Waals surface area (Å²) in [5, 5.41) is 15.3. The maximum absolute atomic E-state index is 12.9. The molecule has 174 valence electrons. The molecule has 0 spiro atoms. The molecule has 0 aliphatic carbocycles. The smallest absolute Gasteiger partial charge is 0.296 e. The predicted molar refractivity (Wildman–Crippen MR) is 129 cm³/mol. The maximum Gasteiger partial charge on any atom is 0.296 e. The Kier molecular flexibility index (Phi) is 5.67. The van der Waals surface area contributed by atoms with Crippen LogP contribution in [-0.4, -0.2) is 26.6 Å². The zero-order valence-corrected chi connectivity index (χ0v) is 19.0. The quantitative estimate of drug-likeness (QED) is 0.263. The highest BCUT2D eigenvalue weighted by Crippen LogP contribution is 2.26. The standard InChI is InChI=1S/C24H16N4O6S/c1-33-17-7-5-14(6-8-17)11-19-22(29)25-24-27(26-19)23(30)21(35-24)13-18-9-10-20(34-18)15-3-2-4-16(12-15)28(31)32/h2-10,12-13H,11H2,1H3. The van der Waals surface area contributed by atoms with Crippen molar-refractivity contribution in [3.63, 3.8) is 0 Å². The summed E-state index contributed by atoms with van der Waals surface area (Å²) in [6.45, 7) is 0. The van der Waals surface area contributed by atoms with E-state index in [0.29, 0.717) is 22.8 Å². The van der Waals surface area contributed by atoms with Gasteiger partial charge in [-0.1, -0.05) is 35.6 Å². The van der Waals surface area contributed by atoms with E-state index in [0.717, 1.165) is 21.4 Å². The van der Waals surface area contributed by atoms with Crippen LogP contribution in [0.2, 0.25) is 0 Å². The van der Waals surface area contributed by atoms with Crippen molar-refractivity contribution in [2.24, 2.45) is 0 Å². The van der Waals surface area contributed by atoms with Gasteiger partial charge in [0, 0.05) is 30.2 Å². The lowest BCUT2D eigenvalue weighted by atomic mass is 10.1. The normalized spacial score (nSPS) is 11.7. The van der Waals surface area contributed by atoms with Gasteiger partial charge in [-0.2, -0.15) is 14.6 Å². The molecule has 2 aromatic carbocycles. The van der Waals surface area contributed by atoms with Gasteiger partial charge in [-0.3, -0.25) is 19.7 Å². The Labute approximate surface area is 200 Å². The Morgan fingerprint density at radius 3 is 2.69 bits per heavy atom. The molecule has 5 aromatic rings. The average Bonchev–Trinajstić information content (AvgIpc) is 3.45. The van der Waals surface area contributed by atoms with Crippen molar-refractivity contribution in [2.45, 2.75) is 6.42 Å². The van der Waals surface area contributed by atoms with Crippen molar-refractivity contribution in [1.82, 2.24) is 14.6 Å². The third-order valence-electron chi connectivity index (χ3n) is 5.22. The van der Waals surface area contributed by atoms with Crippen LogP contribution in [0, 0.1) is 10.1 Å². The summed E-state index contributed by atoms with van der Waals surface area (Å²) in [4.78, 5) is 40.2. The minimum absolute atomic E-state index is 0.0526. The van der Waals surface area contributed by atoms with Crippen LogP contribution < -0.4 is 20.4 Å². The molecule has 5 rings (SSSR count). The molecule has 0 fully saturated rings. The number of hydrogen-bond acceptors (Lipinski definition) is 9. The van der Waals surface area contributed by atoms with Crippen molar-refractivity contribution in [3.8, 4) is 17.1 Å². The first-order chi connectivity index (χ1) is 16.9. The molecule has 0 N–H and O–H groups in total. The molecule has 0 amide bonds. The number of nitro groups is 1. The molecule has 0 bridgehead atoms. The van der Waals surface area contributed by atoms with E-state index in [1.807, 2.05) is 12.1 Å². The highest BCUT2D eigenvalue weighted by Gasteiger charge is 2.13. The third kappa shape index (κ3) is 4.44. The first kappa shape index (κ1) is 22.2. The van der Waals surface area contributed by atoms with E-state index in [1.165, 1.54) is 18.2 Å². The van der Waals surface area contributed by atoms with Crippen molar-refractivity contribution >= 4 is 28.1 Å². The molecule has 10 nitrogen and oxygen atoms in total. The van der Waals surface area contributed by atoms with Crippen LogP contribution in [0.3, 0.4) is 0 Å². The maximum atomic E-state index is 12.9. The lowest BCUT2D eigenvalue weighted by Gasteiger charge is -2.02. The minimum Gasteiger partial charge on any atom is -0.497 e. The topological polar surface area (TPSA) is 130 Å². The van der Waals surface area contributed by atoms with Gasteiger partial charge >= 0.3 is 0 Å². The summed E-state index contributed by atoms with van der Waals surface area (Å²) in [6, 6.07) is 16.6. The van der Waals surface area contributed by atoms with Gasteiger partial charge < -0.3 is 9.15 Å². The Hall–Kier alpha value is -4.64. The fraction of sp³-hybridized carbons (Fsp3) is 0.0833. The highest BCUT2D eigenvalue weighted by molar-refractivity contribution is 7.15. The minimum atomic E-state index is -0.500. The molecule has 0 unspecified atom stereocenters. The van der Waals surface area contributed by atoms with Crippen LogP contribution >= 0.6 is 11.3 Å². The largest absolute Gasteiger partial charge is 0.497 e. The first-order valence-corrected chi connectivity index (χ1v) is 11.1. The number of fused-ring (bicyclic) bond motifs is 1. The number of rotatable bonds is 6. The van der Waals surface area contributed by atoms with E-state index in [-0.39, 0.29) is 27.3 Å². The number of nitrogens with zero attached hydrogens (tertiary/aromatic N) is 4. The van der Waals surface area contributed by atoms with E-state index in [2.05, 4.69) is 10.1 Å².